The van der Waals surface area contributed by atoms with Gasteiger partial charge in [0.2, 0.25) is 0 Å². The molecule has 30 heavy (non-hydrogen) atoms. The maximum atomic E-state index is 6.72. The van der Waals surface area contributed by atoms with Gasteiger partial charge in [0.05, 0.1) is 12.2 Å². The lowest BCUT2D eigenvalue weighted by Crippen LogP contribution is -2.38. The van der Waals surface area contributed by atoms with Gasteiger partial charge >= 0.3 is 8.60 Å². The van der Waals surface area contributed by atoms with Crippen molar-refractivity contribution >= 4 is 8.60 Å². The Morgan fingerprint density at radius 1 is 0.667 bits per heavy atom. The molecule has 0 heterocycles. The van der Waals surface area contributed by atoms with Crippen molar-refractivity contribution in [1.82, 2.24) is 0 Å². The highest BCUT2D eigenvalue weighted by molar-refractivity contribution is 7.42. The molecule has 0 amide bonds. The minimum Gasteiger partial charge on any atom is -0.427 e. The van der Waals surface area contributed by atoms with E-state index in [2.05, 4.69) is 41.5 Å². The first-order valence-electron chi connectivity index (χ1n) is 12.0. The van der Waals surface area contributed by atoms with Crippen molar-refractivity contribution in [2.24, 2.45) is 22.7 Å². The fourth-order valence-corrected chi connectivity index (χ4v) is 6.66. The average Bonchev–Trinajstić information content (AvgIpc) is 2.68. The van der Waals surface area contributed by atoms with E-state index in [-0.39, 0.29) is 23.0 Å². The summed E-state index contributed by atoms with van der Waals surface area (Å²) in [5.41, 5.74) is 0.468. The van der Waals surface area contributed by atoms with Crippen LogP contribution in [0.25, 0.3) is 0 Å². The molecule has 0 bridgehead atoms. The molecule has 3 rings (SSSR count). The molecule has 0 radical (unpaired) electrons. The molecule has 1 aromatic carbocycles. The summed E-state index contributed by atoms with van der Waals surface area (Å²) in [5, 5.41) is 0. The summed E-state index contributed by atoms with van der Waals surface area (Å²) >= 11 is 0. The largest absolute Gasteiger partial charge is 0.427 e. The molecule has 4 heteroatoms. The maximum absolute atomic E-state index is 6.72. The maximum Gasteiger partial charge on any atom is 0.397 e. The Hall–Kier alpha value is -0.630. The zero-order valence-electron chi connectivity index (χ0n) is 20.0. The highest BCUT2D eigenvalue weighted by atomic mass is 31.2. The Kier molecular flexibility index (Phi) is 8.27. The molecule has 3 nitrogen and oxygen atoms in total. The number of para-hydroxylation sites is 1. The smallest absolute Gasteiger partial charge is 0.397 e. The van der Waals surface area contributed by atoms with E-state index < -0.39 is 8.60 Å². The van der Waals surface area contributed by atoms with E-state index in [1.54, 1.807) is 0 Å². The molecule has 1 aromatic rings. The predicted molar refractivity (Wildman–Crippen MR) is 127 cm³/mol. The van der Waals surface area contributed by atoms with Crippen LogP contribution in [0.5, 0.6) is 5.75 Å². The summed E-state index contributed by atoms with van der Waals surface area (Å²) in [7, 11) is -1.43. The molecule has 2 saturated carbocycles. The van der Waals surface area contributed by atoms with Gasteiger partial charge in [-0.3, -0.25) is 9.05 Å². The molecule has 0 aliphatic heterocycles. The van der Waals surface area contributed by atoms with Gasteiger partial charge in [0.1, 0.15) is 5.75 Å². The van der Waals surface area contributed by atoms with Crippen molar-refractivity contribution < 1.29 is 13.6 Å². The highest BCUT2D eigenvalue weighted by Gasteiger charge is 2.41. The van der Waals surface area contributed by atoms with Crippen molar-refractivity contribution in [3.63, 3.8) is 0 Å². The fourth-order valence-electron chi connectivity index (χ4n) is 5.28. The van der Waals surface area contributed by atoms with E-state index in [0.29, 0.717) is 11.8 Å². The molecule has 2 aliphatic carbocycles. The van der Waals surface area contributed by atoms with Crippen molar-refractivity contribution in [3.05, 3.63) is 30.3 Å². The van der Waals surface area contributed by atoms with E-state index in [1.165, 1.54) is 38.5 Å². The summed E-state index contributed by atoms with van der Waals surface area (Å²) in [4.78, 5) is 0. The molecule has 4 atom stereocenters. The Balaban J connectivity index is 1.77. The van der Waals surface area contributed by atoms with Crippen LogP contribution in [-0.2, 0) is 9.05 Å². The second kappa shape index (κ2) is 10.3. The van der Waals surface area contributed by atoms with Crippen LogP contribution in [-0.4, -0.2) is 12.2 Å². The lowest BCUT2D eigenvalue weighted by molar-refractivity contribution is -0.0150. The molecular weight excluding hydrogens is 391 g/mol. The molecule has 0 saturated heterocycles. The lowest BCUT2D eigenvalue weighted by Gasteiger charge is -2.43. The van der Waals surface area contributed by atoms with Gasteiger partial charge in [-0.2, -0.15) is 0 Å². The minimum absolute atomic E-state index is 0.213. The number of benzene rings is 1. The summed E-state index contributed by atoms with van der Waals surface area (Å²) in [5.74, 6) is 1.93. The van der Waals surface area contributed by atoms with Crippen LogP contribution in [0, 0.1) is 22.7 Å². The average molecular weight is 435 g/mol. The van der Waals surface area contributed by atoms with Gasteiger partial charge in [-0.05, 0) is 60.5 Å². The second-order valence-corrected chi connectivity index (χ2v) is 12.5. The minimum atomic E-state index is -1.43. The summed E-state index contributed by atoms with van der Waals surface area (Å²) in [6.07, 6.45) is 10.2. The second-order valence-electron chi connectivity index (χ2n) is 11.4. The molecule has 0 spiro atoms. The molecule has 2 fully saturated rings. The summed E-state index contributed by atoms with van der Waals surface area (Å²) in [6, 6.07) is 10.1. The zero-order valence-corrected chi connectivity index (χ0v) is 20.9. The van der Waals surface area contributed by atoms with E-state index in [1.807, 2.05) is 30.3 Å². The Morgan fingerprint density at radius 3 is 1.53 bits per heavy atom. The quantitative estimate of drug-likeness (QED) is 0.420. The Morgan fingerprint density at radius 2 is 1.10 bits per heavy atom. The van der Waals surface area contributed by atoms with Gasteiger partial charge in [-0.25, -0.2) is 0 Å². The van der Waals surface area contributed by atoms with Crippen LogP contribution in [0.15, 0.2) is 30.3 Å². The van der Waals surface area contributed by atoms with Crippen molar-refractivity contribution in [2.45, 2.75) is 105 Å². The first kappa shape index (κ1) is 24.0. The molecule has 0 aromatic heterocycles. The third-order valence-electron chi connectivity index (χ3n) is 7.00. The van der Waals surface area contributed by atoms with Crippen LogP contribution >= 0.6 is 8.60 Å². The van der Waals surface area contributed by atoms with Crippen LogP contribution in [0.3, 0.4) is 0 Å². The van der Waals surface area contributed by atoms with Gasteiger partial charge in [-0.15, -0.1) is 0 Å². The first-order valence-corrected chi connectivity index (χ1v) is 13.1. The van der Waals surface area contributed by atoms with Crippen LogP contribution in [0.1, 0.15) is 92.9 Å². The third kappa shape index (κ3) is 6.68. The van der Waals surface area contributed by atoms with Gasteiger partial charge < -0.3 is 4.52 Å². The lowest BCUT2D eigenvalue weighted by atomic mass is 9.71. The molecule has 4 unspecified atom stereocenters. The standard InChI is InChI=1S/C26H43O3P/c1-25(2,3)21-16-10-12-18-23(21)28-30(27-20-14-8-7-9-15-20)29-24-19-13-11-17-22(24)26(4,5)6/h7-9,14-15,21-24H,10-13,16-19H2,1-6H3. The van der Waals surface area contributed by atoms with Gasteiger partial charge in [0.15, 0.2) is 0 Å². The van der Waals surface area contributed by atoms with E-state index >= 15 is 0 Å². The molecule has 170 valence electrons. The van der Waals surface area contributed by atoms with Gasteiger partial charge in [0, 0.05) is 0 Å². The fraction of sp³-hybridized carbons (Fsp3) is 0.769. The normalized spacial score (nSPS) is 29.4. The van der Waals surface area contributed by atoms with Crippen LogP contribution < -0.4 is 4.52 Å². The number of hydrogen-bond acceptors (Lipinski definition) is 3. The third-order valence-corrected chi connectivity index (χ3v) is 8.24. The molecule has 2 aliphatic rings. The molecular formula is C26H43O3P. The first-order chi connectivity index (χ1) is 14.1. The topological polar surface area (TPSA) is 27.7 Å². The number of hydrogen-bond donors (Lipinski definition) is 0. The van der Waals surface area contributed by atoms with E-state index in [4.69, 9.17) is 13.6 Å². The highest BCUT2D eigenvalue weighted by Crippen LogP contribution is 2.52. The Bertz CT molecular complexity index is 598. The van der Waals surface area contributed by atoms with Crippen molar-refractivity contribution in [2.75, 3.05) is 0 Å². The summed E-state index contributed by atoms with van der Waals surface area (Å²) < 4.78 is 19.8. The SMILES string of the molecule is CC(C)(C)C1CCCCC1OP(Oc1ccccc1)OC1CCCCC1C(C)(C)C. The zero-order chi connectivity index (χ0) is 21.8. The summed E-state index contributed by atoms with van der Waals surface area (Å²) in [6.45, 7) is 14.1. The molecule has 0 N–H and O–H groups in total. The van der Waals surface area contributed by atoms with Crippen LogP contribution in [0.4, 0.5) is 0 Å². The van der Waals surface area contributed by atoms with E-state index in [0.717, 1.165) is 18.6 Å². The predicted octanol–water partition coefficient (Wildman–Crippen LogP) is 8.54. The van der Waals surface area contributed by atoms with Gasteiger partial charge in [0.25, 0.3) is 0 Å². The van der Waals surface area contributed by atoms with Crippen molar-refractivity contribution in [3.8, 4) is 5.75 Å². The van der Waals surface area contributed by atoms with Gasteiger partial charge in [-0.1, -0.05) is 85.4 Å². The number of rotatable bonds is 6. The van der Waals surface area contributed by atoms with Crippen molar-refractivity contribution in [1.29, 1.82) is 0 Å². The Labute approximate surface area is 186 Å². The van der Waals surface area contributed by atoms with Crippen LogP contribution in [0.2, 0.25) is 0 Å². The van der Waals surface area contributed by atoms with E-state index in [9.17, 15) is 0 Å². The monoisotopic (exact) mass is 434 g/mol.